The van der Waals surface area contributed by atoms with Crippen LogP contribution in [0.25, 0.3) is 10.2 Å². The molecule has 5 nitrogen and oxygen atoms in total. The van der Waals surface area contributed by atoms with Crippen molar-refractivity contribution in [3.8, 4) is 0 Å². The third kappa shape index (κ3) is 2.62. The lowest BCUT2D eigenvalue weighted by atomic mass is 10.3. The highest BCUT2D eigenvalue weighted by molar-refractivity contribution is 7.18. The molecular formula is C15H16N4OS. The molecule has 0 spiro atoms. The highest BCUT2D eigenvalue weighted by Crippen LogP contribution is 2.23. The number of thiazole rings is 1. The predicted molar refractivity (Wildman–Crippen MR) is 85.2 cm³/mol. The highest BCUT2D eigenvalue weighted by Gasteiger charge is 2.17. The number of benzene rings is 1. The Bertz CT molecular complexity index is 772. The monoisotopic (exact) mass is 300 g/mol. The molecule has 0 saturated carbocycles. The average molecular weight is 300 g/mol. The van der Waals surface area contributed by atoms with Gasteiger partial charge in [0.25, 0.3) is 5.91 Å². The van der Waals surface area contributed by atoms with E-state index in [0.717, 1.165) is 15.2 Å². The summed E-state index contributed by atoms with van der Waals surface area (Å²) in [6.07, 6.45) is 1.73. The molecule has 0 saturated heterocycles. The van der Waals surface area contributed by atoms with Crippen molar-refractivity contribution in [2.24, 2.45) is 7.05 Å². The summed E-state index contributed by atoms with van der Waals surface area (Å²) in [5.41, 5.74) is 7.86. The van der Waals surface area contributed by atoms with Gasteiger partial charge in [-0.3, -0.25) is 4.79 Å². The van der Waals surface area contributed by atoms with Crippen molar-refractivity contribution >= 4 is 33.1 Å². The normalized spacial score (nSPS) is 11.0. The van der Waals surface area contributed by atoms with E-state index in [9.17, 15) is 4.79 Å². The van der Waals surface area contributed by atoms with Crippen LogP contribution in [0.1, 0.15) is 15.5 Å². The Labute approximate surface area is 126 Å². The van der Waals surface area contributed by atoms with Crippen molar-refractivity contribution in [2.75, 3.05) is 12.8 Å². The summed E-state index contributed by atoms with van der Waals surface area (Å²) in [5, 5.41) is 0.925. The smallest absolute Gasteiger partial charge is 0.270 e. The summed E-state index contributed by atoms with van der Waals surface area (Å²) >= 11 is 1.61. The molecule has 0 aliphatic carbocycles. The number of fused-ring (bicyclic) bond motifs is 1. The van der Waals surface area contributed by atoms with Crippen molar-refractivity contribution in [1.29, 1.82) is 0 Å². The van der Waals surface area contributed by atoms with Gasteiger partial charge in [-0.05, 0) is 18.2 Å². The number of nitrogen functional groups attached to an aromatic ring is 1. The Morgan fingerprint density at radius 2 is 2.19 bits per heavy atom. The topological polar surface area (TPSA) is 64.2 Å². The summed E-state index contributed by atoms with van der Waals surface area (Å²) in [5.74, 6) is -0.0616. The van der Waals surface area contributed by atoms with Crippen LogP contribution in [0.3, 0.4) is 0 Å². The molecule has 21 heavy (non-hydrogen) atoms. The fraction of sp³-hybridized carbons (Fsp3) is 0.200. The first kappa shape index (κ1) is 13.6. The number of carbonyl (C=O) groups excluding carboxylic acids is 1. The zero-order valence-corrected chi connectivity index (χ0v) is 12.7. The molecule has 1 amide bonds. The van der Waals surface area contributed by atoms with E-state index in [1.807, 2.05) is 31.3 Å². The van der Waals surface area contributed by atoms with E-state index < -0.39 is 0 Å². The Morgan fingerprint density at radius 1 is 1.43 bits per heavy atom. The van der Waals surface area contributed by atoms with E-state index in [2.05, 4.69) is 4.98 Å². The molecule has 2 heterocycles. The first-order valence-electron chi connectivity index (χ1n) is 6.56. The van der Waals surface area contributed by atoms with Gasteiger partial charge in [-0.25, -0.2) is 4.98 Å². The van der Waals surface area contributed by atoms with Crippen molar-refractivity contribution < 1.29 is 4.79 Å². The van der Waals surface area contributed by atoms with Crippen LogP contribution in [0, 0.1) is 0 Å². The van der Waals surface area contributed by atoms with Crippen LogP contribution in [0.2, 0.25) is 0 Å². The zero-order valence-electron chi connectivity index (χ0n) is 11.9. The fourth-order valence-electron chi connectivity index (χ4n) is 2.26. The number of nitrogens with two attached hydrogens (primary N) is 1. The maximum atomic E-state index is 12.4. The molecule has 108 valence electrons. The molecule has 0 aliphatic heterocycles. The van der Waals surface area contributed by atoms with E-state index in [0.29, 0.717) is 17.9 Å². The van der Waals surface area contributed by atoms with Crippen molar-refractivity contribution in [2.45, 2.75) is 6.54 Å². The van der Waals surface area contributed by atoms with Gasteiger partial charge in [0.1, 0.15) is 10.7 Å². The Morgan fingerprint density at radius 3 is 2.86 bits per heavy atom. The molecule has 1 aromatic carbocycles. The Hall–Kier alpha value is -2.34. The maximum Gasteiger partial charge on any atom is 0.270 e. The zero-order chi connectivity index (χ0) is 15.0. The van der Waals surface area contributed by atoms with Crippen LogP contribution in [0.15, 0.2) is 36.5 Å². The van der Waals surface area contributed by atoms with Crippen LogP contribution in [0.4, 0.5) is 5.69 Å². The standard InChI is InChI=1S/C15H16N4OS/c1-18-8-10(16)7-12(18)15(20)19(2)9-14-17-11-5-3-4-6-13(11)21-14/h3-8H,9,16H2,1-2H3. The first-order valence-corrected chi connectivity index (χ1v) is 7.38. The molecule has 6 heteroatoms. The van der Waals surface area contributed by atoms with Crippen LogP contribution >= 0.6 is 11.3 Å². The third-order valence-corrected chi connectivity index (χ3v) is 4.32. The average Bonchev–Trinajstić information content (AvgIpc) is 3.00. The van der Waals surface area contributed by atoms with Gasteiger partial charge >= 0.3 is 0 Å². The second kappa shape index (κ2) is 5.21. The summed E-state index contributed by atoms with van der Waals surface area (Å²) in [6.45, 7) is 0.489. The van der Waals surface area contributed by atoms with Gasteiger partial charge in [-0.2, -0.15) is 0 Å². The lowest BCUT2D eigenvalue weighted by molar-refractivity contribution is 0.0775. The van der Waals surface area contributed by atoms with Crippen LogP contribution in [-0.4, -0.2) is 27.4 Å². The Kier molecular flexibility index (Phi) is 3.39. The largest absolute Gasteiger partial charge is 0.397 e. The second-order valence-corrected chi connectivity index (χ2v) is 6.12. The van der Waals surface area contributed by atoms with Crippen molar-refractivity contribution in [1.82, 2.24) is 14.5 Å². The number of rotatable bonds is 3. The summed E-state index contributed by atoms with van der Waals surface area (Å²) in [6, 6.07) is 9.67. The number of aromatic nitrogens is 2. The van der Waals surface area contributed by atoms with Gasteiger partial charge < -0.3 is 15.2 Å². The molecule has 0 aliphatic rings. The van der Waals surface area contributed by atoms with Gasteiger partial charge in [-0.15, -0.1) is 11.3 Å². The number of para-hydroxylation sites is 1. The molecule has 0 atom stereocenters. The highest BCUT2D eigenvalue weighted by atomic mass is 32.1. The molecule has 3 aromatic rings. The fourth-order valence-corrected chi connectivity index (χ4v) is 3.28. The number of carbonyl (C=O) groups is 1. The number of hydrogen-bond acceptors (Lipinski definition) is 4. The van der Waals surface area contributed by atoms with Gasteiger partial charge in [-0.1, -0.05) is 12.1 Å². The number of anilines is 1. The summed E-state index contributed by atoms with van der Waals surface area (Å²) < 4.78 is 2.88. The van der Waals surface area contributed by atoms with Crippen molar-refractivity contribution in [3.63, 3.8) is 0 Å². The molecule has 3 rings (SSSR count). The summed E-state index contributed by atoms with van der Waals surface area (Å²) in [4.78, 5) is 18.6. The molecule has 0 fully saturated rings. The van der Waals surface area contributed by atoms with Crippen LogP contribution in [-0.2, 0) is 13.6 Å². The van der Waals surface area contributed by atoms with E-state index in [1.54, 1.807) is 40.1 Å². The lowest BCUT2D eigenvalue weighted by Gasteiger charge is -2.15. The number of hydrogen-bond donors (Lipinski definition) is 1. The van der Waals surface area contributed by atoms with E-state index in [-0.39, 0.29) is 5.91 Å². The van der Waals surface area contributed by atoms with E-state index >= 15 is 0 Å². The molecule has 0 bridgehead atoms. The third-order valence-electron chi connectivity index (χ3n) is 3.30. The molecule has 0 unspecified atom stereocenters. The van der Waals surface area contributed by atoms with Crippen molar-refractivity contribution in [3.05, 3.63) is 47.2 Å². The number of amides is 1. The molecule has 0 radical (unpaired) electrons. The van der Waals surface area contributed by atoms with Gasteiger partial charge in [0.15, 0.2) is 0 Å². The van der Waals surface area contributed by atoms with Gasteiger partial charge in [0.05, 0.1) is 22.4 Å². The van der Waals surface area contributed by atoms with Crippen LogP contribution in [0.5, 0.6) is 0 Å². The minimum absolute atomic E-state index is 0.0616. The quantitative estimate of drug-likeness (QED) is 0.808. The van der Waals surface area contributed by atoms with E-state index in [1.165, 1.54) is 0 Å². The molecule has 2 N–H and O–H groups in total. The lowest BCUT2D eigenvalue weighted by Crippen LogP contribution is -2.27. The SMILES string of the molecule is CN(Cc1nc2ccccc2s1)C(=O)c1cc(N)cn1C. The minimum atomic E-state index is -0.0616. The second-order valence-electron chi connectivity index (χ2n) is 5.01. The van der Waals surface area contributed by atoms with Gasteiger partial charge in [0, 0.05) is 20.3 Å². The van der Waals surface area contributed by atoms with Gasteiger partial charge in [0.2, 0.25) is 0 Å². The molecule has 2 aromatic heterocycles. The minimum Gasteiger partial charge on any atom is -0.397 e. The van der Waals surface area contributed by atoms with Crippen LogP contribution < -0.4 is 5.73 Å². The first-order chi connectivity index (χ1) is 10.0. The maximum absolute atomic E-state index is 12.4. The predicted octanol–water partition coefficient (Wildman–Crippen LogP) is 2.49. The Balaban J connectivity index is 1.80. The number of aryl methyl sites for hydroxylation is 1. The molecular weight excluding hydrogens is 284 g/mol. The number of nitrogens with zero attached hydrogens (tertiary/aromatic N) is 3. The summed E-state index contributed by atoms with van der Waals surface area (Å²) in [7, 11) is 3.59. The van der Waals surface area contributed by atoms with E-state index in [4.69, 9.17) is 5.73 Å².